The highest BCUT2D eigenvalue weighted by molar-refractivity contribution is 5.97. The van der Waals surface area contributed by atoms with Gasteiger partial charge in [0.2, 0.25) is 11.6 Å². The fraction of sp³-hybridized carbons (Fsp3) is 0.556. The van der Waals surface area contributed by atoms with E-state index in [0.29, 0.717) is 0 Å². The van der Waals surface area contributed by atoms with Crippen LogP contribution < -0.4 is 4.74 Å². The molecule has 0 heterocycles. The largest absolute Gasteiger partial charge is 0.491 e. The zero-order chi connectivity index (χ0) is 20.9. The third-order valence-electron chi connectivity index (χ3n) is 4.84. The average Bonchev–Trinajstić information content (AvgIpc) is 3.13. The molecule has 1 aliphatic rings. The topological polar surface area (TPSA) is 72.8 Å². The number of ketones is 1. The lowest BCUT2D eigenvalue weighted by molar-refractivity contribution is -0.149. The molecule has 27 heavy (non-hydrogen) atoms. The van der Waals surface area contributed by atoms with Crippen LogP contribution in [0.1, 0.15) is 33.3 Å². The molecule has 2 unspecified atom stereocenters. The lowest BCUT2D eigenvalue weighted by atomic mass is 9.95. The minimum atomic E-state index is -1.75. The van der Waals surface area contributed by atoms with Crippen molar-refractivity contribution in [1.82, 2.24) is 0 Å². The predicted molar refractivity (Wildman–Crippen MR) is 84.7 cm³/mol. The minimum absolute atomic E-state index is 0.576. The molecular formula is C18H20F4O5. The van der Waals surface area contributed by atoms with Gasteiger partial charge in [0, 0.05) is 5.92 Å². The first-order valence-corrected chi connectivity index (χ1v) is 8.08. The Morgan fingerprint density at radius 3 is 1.93 bits per heavy atom. The number of halogens is 4. The van der Waals surface area contributed by atoms with Crippen LogP contribution >= 0.6 is 0 Å². The van der Waals surface area contributed by atoms with E-state index in [1.54, 1.807) is 13.8 Å². The lowest BCUT2D eigenvalue weighted by Gasteiger charge is -2.16. The van der Waals surface area contributed by atoms with Crippen LogP contribution in [0.15, 0.2) is 0 Å². The monoisotopic (exact) mass is 392 g/mol. The van der Waals surface area contributed by atoms with Gasteiger partial charge >= 0.3 is 5.97 Å². The van der Waals surface area contributed by atoms with Crippen molar-refractivity contribution in [3.63, 3.8) is 0 Å². The maximum absolute atomic E-state index is 13.9. The third-order valence-corrected chi connectivity index (χ3v) is 4.84. The number of carbonyl (C=O) groups excluding carboxylic acids is 2. The van der Waals surface area contributed by atoms with Gasteiger partial charge in [-0.2, -0.15) is 8.78 Å². The summed E-state index contributed by atoms with van der Waals surface area (Å²) in [5.74, 6) is -11.5. The molecular weight excluding hydrogens is 372 g/mol. The number of methoxy groups -OCH3 is 1. The smallest absolute Gasteiger partial charge is 0.310 e. The highest BCUT2D eigenvalue weighted by Gasteiger charge is 2.67. The average molecular weight is 392 g/mol. The second kappa shape index (κ2) is 6.78. The highest BCUT2D eigenvalue weighted by Crippen LogP contribution is 2.60. The molecule has 0 spiro atoms. The van der Waals surface area contributed by atoms with Crippen LogP contribution in [-0.4, -0.2) is 29.6 Å². The van der Waals surface area contributed by atoms with Gasteiger partial charge in [-0.3, -0.25) is 9.59 Å². The Morgan fingerprint density at radius 1 is 1.04 bits per heavy atom. The number of aliphatic hydroxyl groups is 1. The predicted octanol–water partition coefficient (Wildman–Crippen LogP) is 2.91. The summed E-state index contributed by atoms with van der Waals surface area (Å²) in [6, 6.07) is 0. The molecule has 0 aromatic heterocycles. The van der Waals surface area contributed by atoms with Gasteiger partial charge < -0.3 is 14.6 Å². The molecule has 1 aromatic carbocycles. The third kappa shape index (κ3) is 3.52. The van der Waals surface area contributed by atoms with Crippen LogP contribution in [0.2, 0.25) is 0 Å². The van der Waals surface area contributed by atoms with E-state index in [-0.39, 0.29) is 0 Å². The van der Waals surface area contributed by atoms with Crippen LogP contribution in [0, 0.1) is 40.5 Å². The number of rotatable bonds is 6. The Kier molecular flexibility index (Phi) is 5.31. The molecule has 5 nitrogen and oxygen atoms in total. The maximum Gasteiger partial charge on any atom is 0.310 e. The molecule has 1 aromatic rings. The van der Waals surface area contributed by atoms with Crippen molar-refractivity contribution in [2.75, 3.05) is 7.11 Å². The fourth-order valence-electron chi connectivity index (χ4n) is 3.14. The van der Waals surface area contributed by atoms with Gasteiger partial charge in [-0.1, -0.05) is 13.8 Å². The number of hydrogen-bond donors (Lipinski definition) is 1. The summed E-state index contributed by atoms with van der Waals surface area (Å²) in [4.78, 5) is 24.4. The van der Waals surface area contributed by atoms with Gasteiger partial charge in [0.05, 0.1) is 18.6 Å². The van der Waals surface area contributed by atoms with Crippen LogP contribution in [0.5, 0.6) is 5.75 Å². The molecule has 0 radical (unpaired) electrons. The van der Waals surface area contributed by atoms with Crippen molar-refractivity contribution in [1.29, 1.82) is 0 Å². The van der Waals surface area contributed by atoms with Gasteiger partial charge in [-0.15, -0.1) is 0 Å². The Balaban J connectivity index is 2.19. The SMILES string of the molecule is COc1c(F)c(F)c(COC(=O)C2C(C(=O)C(C)(C)O)C2(C)C)c(F)c1F. The van der Waals surface area contributed by atoms with Gasteiger partial charge in [0.25, 0.3) is 0 Å². The molecule has 9 heteroatoms. The van der Waals surface area contributed by atoms with E-state index in [9.17, 15) is 32.3 Å². The minimum Gasteiger partial charge on any atom is -0.491 e. The lowest BCUT2D eigenvalue weighted by Crippen LogP contribution is -2.34. The zero-order valence-corrected chi connectivity index (χ0v) is 15.5. The van der Waals surface area contributed by atoms with Crippen LogP contribution in [-0.2, 0) is 20.9 Å². The second-order valence-electron chi connectivity index (χ2n) is 7.58. The molecule has 0 amide bonds. The summed E-state index contributed by atoms with van der Waals surface area (Å²) in [7, 11) is 0.842. The molecule has 1 aliphatic carbocycles. The number of hydrogen-bond acceptors (Lipinski definition) is 5. The number of benzene rings is 1. The van der Waals surface area contributed by atoms with Gasteiger partial charge in [0.15, 0.2) is 23.2 Å². The van der Waals surface area contributed by atoms with Gasteiger partial charge in [-0.05, 0) is 19.3 Å². The van der Waals surface area contributed by atoms with E-state index in [0.717, 1.165) is 7.11 Å². The molecule has 0 aliphatic heterocycles. The second-order valence-corrected chi connectivity index (χ2v) is 7.58. The Labute approximate surface area is 153 Å². The molecule has 1 fully saturated rings. The number of Topliss-reactive ketones (excluding diaryl/α,β-unsaturated/α-hetero) is 1. The molecule has 150 valence electrons. The van der Waals surface area contributed by atoms with Gasteiger partial charge in [0.1, 0.15) is 12.2 Å². The van der Waals surface area contributed by atoms with Crippen molar-refractivity contribution in [2.24, 2.45) is 17.3 Å². The summed E-state index contributed by atoms with van der Waals surface area (Å²) in [5.41, 5.74) is -3.61. The molecule has 1 saturated carbocycles. The van der Waals surface area contributed by atoms with Crippen molar-refractivity contribution < 1.29 is 41.7 Å². The Morgan fingerprint density at radius 2 is 1.52 bits per heavy atom. The highest BCUT2D eigenvalue weighted by atomic mass is 19.2. The molecule has 0 bridgehead atoms. The first-order valence-electron chi connectivity index (χ1n) is 8.08. The number of ether oxygens (including phenoxy) is 2. The van der Waals surface area contributed by atoms with E-state index in [2.05, 4.69) is 4.74 Å². The number of carbonyl (C=O) groups is 2. The van der Waals surface area contributed by atoms with E-state index >= 15 is 0 Å². The quantitative estimate of drug-likeness (QED) is 0.458. The van der Waals surface area contributed by atoms with E-state index in [4.69, 9.17) is 4.74 Å². The van der Waals surface area contributed by atoms with E-state index in [1.807, 2.05) is 0 Å². The summed E-state index contributed by atoms with van der Waals surface area (Å²) in [6.45, 7) is 4.69. The summed E-state index contributed by atoms with van der Waals surface area (Å²) in [6.07, 6.45) is 0. The van der Waals surface area contributed by atoms with E-state index < -0.39 is 75.8 Å². The van der Waals surface area contributed by atoms with Gasteiger partial charge in [-0.25, -0.2) is 8.78 Å². The summed E-state index contributed by atoms with van der Waals surface area (Å²) >= 11 is 0. The van der Waals surface area contributed by atoms with Crippen LogP contribution in [0.25, 0.3) is 0 Å². The first kappa shape index (κ1) is 21.1. The standard InChI is InChI=1S/C18H20F4O5/c1-17(2)8(15(23)18(3,4)25)9(17)16(24)27-6-7-10(19)12(21)14(26-5)13(22)11(7)20/h8-9,25H,6H2,1-5H3. The Bertz CT molecular complexity index is 769. The summed E-state index contributed by atoms with van der Waals surface area (Å²) < 4.78 is 64.3. The van der Waals surface area contributed by atoms with E-state index in [1.165, 1.54) is 13.8 Å². The van der Waals surface area contributed by atoms with Crippen molar-refractivity contribution >= 4 is 11.8 Å². The molecule has 1 N–H and O–H groups in total. The Hall–Kier alpha value is -2.16. The van der Waals surface area contributed by atoms with Crippen molar-refractivity contribution in [2.45, 2.75) is 39.9 Å². The normalized spacial score (nSPS) is 21.0. The van der Waals surface area contributed by atoms with Crippen LogP contribution in [0.4, 0.5) is 17.6 Å². The van der Waals surface area contributed by atoms with Crippen molar-refractivity contribution in [3.8, 4) is 5.75 Å². The molecule has 2 atom stereocenters. The maximum atomic E-state index is 13.9. The molecule has 0 saturated heterocycles. The zero-order valence-electron chi connectivity index (χ0n) is 15.5. The molecule has 2 rings (SSSR count). The van der Waals surface area contributed by atoms with Crippen LogP contribution in [0.3, 0.4) is 0 Å². The number of esters is 1. The fourth-order valence-corrected chi connectivity index (χ4v) is 3.14. The first-order chi connectivity index (χ1) is 12.3. The van der Waals surface area contributed by atoms with Crippen molar-refractivity contribution in [3.05, 3.63) is 28.8 Å². The summed E-state index contributed by atoms with van der Waals surface area (Å²) in [5, 5.41) is 9.82.